The molecule has 0 aromatic heterocycles. The first-order valence-corrected chi connectivity index (χ1v) is 6.44. The van der Waals surface area contributed by atoms with Gasteiger partial charge in [-0.2, -0.15) is 0 Å². The van der Waals surface area contributed by atoms with Gasteiger partial charge in [0.15, 0.2) is 5.78 Å². The zero-order valence-corrected chi connectivity index (χ0v) is 11.5. The molecule has 4 nitrogen and oxygen atoms in total. The lowest BCUT2D eigenvalue weighted by atomic mass is 10.1. The van der Waals surface area contributed by atoms with E-state index in [0.29, 0.717) is 11.3 Å². The fraction of sp³-hybridized carbons (Fsp3) is 0.0588. The number of nitrogens with one attached hydrogen (secondary N) is 1. The average molecular weight is 281 g/mol. The normalized spacial score (nSPS) is 10.5. The number of benzene rings is 2. The number of aryl methyl sites for hydroxylation is 1. The fourth-order valence-electron chi connectivity index (χ4n) is 1.74. The van der Waals surface area contributed by atoms with Crippen LogP contribution in [0.1, 0.15) is 26.3 Å². The molecule has 0 saturated heterocycles. The second-order valence-electron chi connectivity index (χ2n) is 4.59. The first-order chi connectivity index (χ1) is 10.1. The Balaban J connectivity index is 1.97. The van der Waals surface area contributed by atoms with Gasteiger partial charge in [0.2, 0.25) is 0 Å². The average Bonchev–Trinajstić information content (AvgIpc) is 2.48. The molecule has 21 heavy (non-hydrogen) atoms. The summed E-state index contributed by atoms with van der Waals surface area (Å²) in [4.78, 5) is 22.6. The number of carbonyl (C=O) groups excluding carboxylic acids is 1. The fourth-order valence-corrected chi connectivity index (χ4v) is 1.74. The maximum atomic E-state index is 11.9. The van der Waals surface area contributed by atoms with E-state index in [9.17, 15) is 9.59 Å². The minimum Gasteiger partial charge on any atom is -0.478 e. The van der Waals surface area contributed by atoms with Gasteiger partial charge in [0, 0.05) is 23.5 Å². The molecule has 0 bridgehead atoms. The Morgan fingerprint density at radius 3 is 2.10 bits per heavy atom. The smallest absolute Gasteiger partial charge is 0.335 e. The van der Waals surface area contributed by atoms with Crippen LogP contribution < -0.4 is 5.32 Å². The van der Waals surface area contributed by atoms with Gasteiger partial charge in [-0.1, -0.05) is 29.8 Å². The number of aromatic carboxylic acids is 1. The Hall–Kier alpha value is -2.88. The van der Waals surface area contributed by atoms with Crippen molar-refractivity contribution in [3.05, 3.63) is 77.5 Å². The highest BCUT2D eigenvalue weighted by Gasteiger charge is 2.02. The number of anilines is 1. The Kier molecular flexibility index (Phi) is 4.51. The van der Waals surface area contributed by atoms with E-state index >= 15 is 0 Å². The van der Waals surface area contributed by atoms with Crippen molar-refractivity contribution in [2.45, 2.75) is 6.92 Å². The highest BCUT2D eigenvalue weighted by molar-refractivity contribution is 6.04. The van der Waals surface area contributed by atoms with Crippen molar-refractivity contribution in [3.8, 4) is 0 Å². The first kappa shape index (κ1) is 14.5. The summed E-state index contributed by atoms with van der Waals surface area (Å²) in [7, 11) is 0. The molecule has 0 radical (unpaired) electrons. The lowest BCUT2D eigenvalue weighted by Gasteiger charge is -2.01. The van der Waals surface area contributed by atoms with Crippen LogP contribution in [0.15, 0.2) is 60.8 Å². The van der Waals surface area contributed by atoms with E-state index in [1.54, 1.807) is 24.3 Å². The van der Waals surface area contributed by atoms with Gasteiger partial charge in [0.05, 0.1) is 5.56 Å². The molecule has 0 aliphatic rings. The Bertz CT molecular complexity index is 670. The van der Waals surface area contributed by atoms with Crippen LogP contribution in [0.25, 0.3) is 0 Å². The summed E-state index contributed by atoms with van der Waals surface area (Å²) in [6.07, 6.45) is 2.98. The maximum Gasteiger partial charge on any atom is 0.335 e. The molecule has 4 heteroatoms. The van der Waals surface area contributed by atoms with Crippen LogP contribution in [-0.4, -0.2) is 16.9 Å². The number of hydrogen-bond acceptors (Lipinski definition) is 3. The molecular formula is C17H15NO3. The van der Waals surface area contributed by atoms with Gasteiger partial charge < -0.3 is 10.4 Å². The summed E-state index contributed by atoms with van der Waals surface area (Å²) in [5, 5.41) is 11.7. The van der Waals surface area contributed by atoms with Crippen LogP contribution >= 0.6 is 0 Å². The summed E-state index contributed by atoms with van der Waals surface area (Å²) in [5.41, 5.74) is 2.67. The van der Waals surface area contributed by atoms with Crippen molar-refractivity contribution in [1.82, 2.24) is 0 Å². The molecule has 2 aromatic carbocycles. The van der Waals surface area contributed by atoms with Crippen molar-refractivity contribution < 1.29 is 14.7 Å². The number of hydrogen-bond donors (Lipinski definition) is 2. The van der Waals surface area contributed by atoms with Crippen molar-refractivity contribution in [1.29, 1.82) is 0 Å². The quantitative estimate of drug-likeness (QED) is 0.650. The van der Waals surface area contributed by atoms with Crippen LogP contribution in [0.4, 0.5) is 5.69 Å². The molecule has 0 aliphatic heterocycles. The monoisotopic (exact) mass is 281 g/mol. The second kappa shape index (κ2) is 6.52. The van der Waals surface area contributed by atoms with Crippen LogP contribution in [0.3, 0.4) is 0 Å². The number of rotatable bonds is 5. The lowest BCUT2D eigenvalue weighted by Crippen LogP contribution is -1.97. The van der Waals surface area contributed by atoms with Gasteiger partial charge in [-0.25, -0.2) is 4.79 Å². The summed E-state index contributed by atoms with van der Waals surface area (Å²) in [6.45, 7) is 1.96. The number of ketones is 1. The zero-order valence-electron chi connectivity index (χ0n) is 11.5. The van der Waals surface area contributed by atoms with E-state index in [1.165, 1.54) is 24.4 Å². The van der Waals surface area contributed by atoms with Gasteiger partial charge in [0.1, 0.15) is 0 Å². The van der Waals surface area contributed by atoms with Gasteiger partial charge in [-0.05, 0) is 31.2 Å². The van der Waals surface area contributed by atoms with Gasteiger partial charge in [-0.15, -0.1) is 0 Å². The minimum atomic E-state index is -0.966. The largest absolute Gasteiger partial charge is 0.478 e. The molecule has 0 spiro atoms. The third-order valence-electron chi connectivity index (χ3n) is 2.95. The third-order valence-corrected chi connectivity index (χ3v) is 2.95. The van der Waals surface area contributed by atoms with Gasteiger partial charge in [0.25, 0.3) is 0 Å². The van der Waals surface area contributed by atoms with Crippen molar-refractivity contribution in [3.63, 3.8) is 0 Å². The molecule has 2 aromatic rings. The molecule has 2 N–H and O–H groups in total. The van der Waals surface area contributed by atoms with Gasteiger partial charge >= 0.3 is 5.97 Å². The van der Waals surface area contributed by atoms with E-state index < -0.39 is 5.97 Å². The lowest BCUT2D eigenvalue weighted by molar-refractivity contribution is 0.0696. The molecule has 0 aliphatic carbocycles. The SMILES string of the molecule is Cc1ccc(C(=O)/C=C/Nc2ccc(C(=O)O)cc2)cc1. The number of carboxylic acids is 1. The Morgan fingerprint density at radius 1 is 0.952 bits per heavy atom. The van der Waals surface area contributed by atoms with Gasteiger partial charge in [-0.3, -0.25) is 4.79 Å². The second-order valence-corrected chi connectivity index (χ2v) is 4.59. The number of allylic oxidation sites excluding steroid dienone is 1. The third kappa shape index (κ3) is 4.04. The van der Waals surface area contributed by atoms with E-state index in [2.05, 4.69) is 5.32 Å². The molecular weight excluding hydrogens is 266 g/mol. The molecule has 106 valence electrons. The molecule has 0 unspecified atom stereocenters. The topological polar surface area (TPSA) is 66.4 Å². The highest BCUT2D eigenvalue weighted by atomic mass is 16.4. The van der Waals surface area contributed by atoms with Crippen LogP contribution in [0.2, 0.25) is 0 Å². The van der Waals surface area contributed by atoms with E-state index in [-0.39, 0.29) is 11.3 Å². The molecule has 0 amide bonds. The summed E-state index contributed by atoms with van der Waals surface area (Å²) >= 11 is 0. The molecule has 0 heterocycles. The number of carbonyl (C=O) groups is 2. The maximum absolute atomic E-state index is 11.9. The van der Waals surface area contributed by atoms with E-state index in [1.807, 2.05) is 19.1 Å². The van der Waals surface area contributed by atoms with Crippen molar-refractivity contribution in [2.24, 2.45) is 0 Å². The predicted molar refractivity (Wildman–Crippen MR) is 81.7 cm³/mol. The Morgan fingerprint density at radius 2 is 1.52 bits per heavy atom. The van der Waals surface area contributed by atoms with Crippen molar-refractivity contribution >= 4 is 17.4 Å². The summed E-state index contributed by atoms with van der Waals surface area (Å²) in [6, 6.07) is 13.6. The predicted octanol–water partition coefficient (Wildman–Crippen LogP) is 3.50. The summed E-state index contributed by atoms with van der Waals surface area (Å²) < 4.78 is 0. The molecule has 0 atom stereocenters. The Labute approximate surface area is 122 Å². The molecule has 0 saturated carbocycles. The molecule has 2 rings (SSSR count). The summed E-state index contributed by atoms with van der Waals surface area (Å²) in [5.74, 6) is -1.06. The van der Waals surface area contributed by atoms with E-state index in [4.69, 9.17) is 5.11 Å². The highest BCUT2D eigenvalue weighted by Crippen LogP contribution is 2.10. The van der Waals surface area contributed by atoms with E-state index in [0.717, 1.165) is 5.56 Å². The number of carboxylic acid groups (broad SMARTS) is 1. The molecule has 0 fully saturated rings. The van der Waals surface area contributed by atoms with Crippen molar-refractivity contribution in [2.75, 3.05) is 5.32 Å². The van der Waals surface area contributed by atoms with Crippen LogP contribution in [0, 0.1) is 6.92 Å². The standard InChI is InChI=1S/C17H15NO3/c1-12-2-4-13(5-3-12)16(19)10-11-18-15-8-6-14(7-9-15)17(20)21/h2-11,18H,1H3,(H,20,21)/b11-10+. The van der Waals surface area contributed by atoms with Crippen LogP contribution in [-0.2, 0) is 0 Å². The first-order valence-electron chi connectivity index (χ1n) is 6.44. The minimum absolute atomic E-state index is 0.0929. The van der Waals surface area contributed by atoms with Crippen LogP contribution in [0.5, 0.6) is 0 Å². The zero-order chi connectivity index (χ0) is 15.2.